The van der Waals surface area contributed by atoms with Crippen molar-refractivity contribution in [3.63, 3.8) is 0 Å². The summed E-state index contributed by atoms with van der Waals surface area (Å²) < 4.78 is 5.92. The first kappa shape index (κ1) is 9.66. The molecule has 2 heterocycles. The molecule has 0 fully saturated rings. The van der Waals surface area contributed by atoms with E-state index in [0.29, 0.717) is 6.61 Å². The van der Waals surface area contributed by atoms with Gasteiger partial charge in [0.2, 0.25) is 0 Å². The number of rotatable bonds is 0. The number of pyridine rings is 1. The van der Waals surface area contributed by atoms with Gasteiger partial charge in [-0.25, -0.2) is 0 Å². The summed E-state index contributed by atoms with van der Waals surface area (Å²) in [5.74, 6) is 0.958. The van der Waals surface area contributed by atoms with E-state index in [2.05, 4.69) is 47.4 Å². The van der Waals surface area contributed by atoms with Crippen molar-refractivity contribution in [2.24, 2.45) is 0 Å². The third-order valence-corrected chi connectivity index (χ3v) is 3.42. The predicted molar refractivity (Wildman–Crippen MR) is 71.5 cm³/mol. The van der Waals surface area contributed by atoms with Crippen molar-refractivity contribution in [2.45, 2.75) is 6.61 Å². The maximum absolute atomic E-state index is 5.92. The fraction of sp³-hybridized carbons (Fsp3) is 0.0625. The minimum Gasteiger partial charge on any atom is -0.488 e. The highest BCUT2D eigenvalue weighted by molar-refractivity contribution is 5.94. The van der Waals surface area contributed by atoms with Gasteiger partial charge in [-0.2, -0.15) is 0 Å². The van der Waals surface area contributed by atoms with E-state index in [9.17, 15) is 0 Å². The molecule has 1 aliphatic heterocycles. The Labute approximate surface area is 105 Å². The first-order chi connectivity index (χ1) is 8.93. The van der Waals surface area contributed by atoms with E-state index in [1.165, 1.54) is 11.1 Å². The number of fused-ring (bicyclic) bond motifs is 5. The molecule has 0 bridgehead atoms. The molecule has 2 heteroatoms. The second-order valence-corrected chi connectivity index (χ2v) is 4.46. The van der Waals surface area contributed by atoms with Crippen LogP contribution in [0.2, 0.25) is 0 Å². The minimum absolute atomic E-state index is 0.636. The average Bonchev–Trinajstić information content (AvgIpc) is 2.46. The quantitative estimate of drug-likeness (QED) is 0.589. The molecule has 2 nitrogen and oxygen atoms in total. The van der Waals surface area contributed by atoms with Crippen molar-refractivity contribution >= 4 is 10.9 Å². The molecule has 0 saturated carbocycles. The van der Waals surface area contributed by atoms with Gasteiger partial charge in [-0.05, 0) is 35.4 Å². The smallest absolute Gasteiger partial charge is 0.137 e. The maximum atomic E-state index is 5.92. The highest BCUT2D eigenvalue weighted by atomic mass is 16.5. The highest BCUT2D eigenvalue weighted by Gasteiger charge is 2.18. The van der Waals surface area contributed by atoms with E-state index < -0.39 is 0 Å². The predicted octanol–water partition coefficient (Wildman–Crippen LogP) is 3.79. The normalized spacial score (nSPS) is 12.7. The van der Waals surface area contributed by atoms with Gasteiger partial charge in [-0.1, -0.05) is 24.3 Å². The standard InChI is InChI=1S/C16H11NO/c1-2-5-12-11(4-1)10-18-16-13(12)7-8-15-14(16)6-3-9-17-15/h1-9H,10H2. The molecule has 0 atom stereocenters. The molecule has 18 heavy (non-hydrogen) atoms. The fourth-order valence-corrected chi connectivity index (χ4v) is 2.55. The Morgan fingerprint density at radius 1 is 0.889 bits per heavy atom. The summed E-state index contributed by atoms with van der Waals surface area (Å²) in [6.07, 6.45) is 1.81. The molecule has 0 N–H and O–H groups in total. The lowest BCUT2D eigenvalue weighted by atomic mass is 9.95. The zero-order valence-electron chi connectivity index (χ0n) is 9.76. The van der Waals surface area contributed by atoms with E-state index in [4.69, 9.17) is 4.74 Å². The van der Waals surface area contributed by atoms with Crippen molar-refractivity contribution in [1.82, 2.24) is 4.98 Å². The molecule has 0 saturated heterocycles. The molecule has 3 aromatic rings. The molecule has 1 aliphatic rings. The van der Waals surface area contributed by atoms with Crippen LogP contribution in [0.25, 0.3) is 22.0 Å². The van der Waals surface area contributed by atoms with E-state index in [-0.39, 0.29) is 0 Å². The summed E-state index contributed by atoms with van der Waals surface area (Å²) in [6, 6.07) is 16.6. The molecular weight excluding hydrogens is 222 g/mol. The Kier molecular flexibility index (Phi) is 1.92. The van der Waals surface area contributed by atoms with Gasteiger partial charge in [0, 0.05) is 17.1 Å². The zero-order valence-corrected chi connectivity index (χ0v) is 9.76. The van der Waals surface area contributed by atoms with E-state index in [0.717, 1.165) is 22.2 Å². The molecule has 0 spiro atoms. The van der Waals surface area contributed by atoms with Crippen molar-refractivity contribution in [3.8, 4) is 16.9 Å². The average molecular weight is 233 g/mol. The Hall–Kier alpha value is -2.35. The van der Waals surface area contributed by atoms with Crippen molar-refractivity contribution < 1.29 is 4.74 Å². The largest absolute Gasteiger partial charge is 0.488 e. The number of benzene rings is 2. The Morgan fingerprint density at radius 2 is 1.83 bits per heavy atom. The van der Waals surface area contributed by atoms with Gasteiger partial charge in [0.25, 0.3) is 0 Å². The fourth-order valence-electron chi connectivity index (χ4n) is 2.55. The van der Waals surface area contributed by atoms with Gasteiger partial charge in [0.05, 0.1) is 5.52 Å². The van der Waals surface area contributed by atoms with Crippen molar-refractivity contribution in [3.05, 3.63) is 60.3 Å². The Morgan fingerprint density at radius 3 is 2.83 bits per heavy atom. The summed E-state index contributed by atoms with van der Waals surface area (Å²) in [6.45, 7) is 0.636. The van der Waals surface area contributed by atoms with Gasteiger partial charge < -0.3 is 4.74 Å². The molecule has 0 aliphatic carbocycles. The SMILES string of the molecule is c1ccc2c(c1)COc1c-2ccc2ncccc12. The summed E-state index contributed by atoms with van der Waals surface area (Å²) in [5, 5.41) is 1.09. The summed E-state index contributed by atoms with van der Waals surface area (Å²) in [4.78, 5) is 4.37. The third-order valence-electron chi connectivity index (χ3n) is 3.42. The molecular formula is C16H11NO. The van der Waals surface area contributed by atoms with Gasteiger partial charge in [0.15, 0.2) is 0 Å². The topological polar surface area (TPSA) is 22.1 Å². The molecule has 0 radical (unpaired) electrons. The number of hydrogen-bond donors (Lipinski definition) is 0. The van der Waals surface area contributed by atoms with Gasteiger partial charge >= 0.3 is 0 Å². The van der Waals surface area contributed by atoms with Gasteiger partial charge in [-0.15, -0.1) is 0 Å². The van der Waals surface area contributed by atoms with Crippen LogP contribution >= 0.6 is 0 Å². The summed E-state index contributed by atoms with van der Waals surface area (Å²) >= 11 is 0. The van der Waals surface area contributed by atoms with Crippen LogP contribution in [0.4, 0.5) is 0 Å². The van der Waals surface area contributed by atoms with Crippen LogP contribution in [0.1, 0.15) is 5.56 Å². The zero-order chi connectivity index (χ0) is 11.9. The van der Waals surface area contributed by atoms with Gasteiger partial charge in [0.1, 0.15) is 12.4 Å². The lowest BCUT2D eigenvalue weighted by Crippen LogP contribution is -2.05. The Bertz CT molecular complexity index is 749. The second-order valence-electron chi connectivity index (χ2n) is 4.46. The van der Waals surface area contributed by atoms with Crippen LogP contribution in [0.3, 0.4) is 0 Å². The third kappa shape index (κ3) is 1.26. The van der Waals surface area contributed by atoms with Crippen molar-refractivity contribution in [1.29, 1.82) is 0 Å². The summed E-state index contributed by atoms with van der Waals surface area (Å²) in [7, 11) is 0. The van der Waals surface area contributed by atoms with E-state index in [1.807, 2.05) is 12.3 Å². The van der Waals surface area contributed by atoms with E-state index in [1.54, 1.807) is 0 Å². The molecule has 1 aromatic heterocycles. The van der Waals surface area contributed by atoms with Crippen LogP contribution < -0.4 is 4.74 Å². The molecule has 4 rings (SSSR count). The first-order valence-electron chi connectivity index (χ1n) is 6.02. The van der Waals surface area contributed by atoms with Crippen molar-refractivity contribution in [2.75, 3.05) is 0 Å². The number of hydrogen-bond acceptors (Lipinski definition) is 2. The number of nitrogens with zero attached hydrogens (tertiary/aromatic N) is 1. The van der Waals surface area contributed by atoms with Crippen LogP contribution in [0.5, 0.6) is 5.75 Å². The Balaban J connectivity index is 2.09. The number of aromatic nitrogens is 1. The van der Waals surface area contributed by atoms with Crippen LogP contribution in [0.15, 0.2) is 54.7 Å². The monoisotopic (exact) mass is 233 g/mol. The van der Waals surface area contributed by atoms with Crippen LogP contribution in [0, 0.1) is 0 Å². The maximum Gasteiger partial charge on any atom is 0.137 e. The highest BCUT2D eigenvalue weighted by Crippen LogP contribution is 2.41. The second kappa shape index (κ2) is 3.57. The lowest BCUT2D eigenvalue weighted by Gasteiger charge is -2.21. The van der Waals surface area contributed by atoms with Crippen LogP contribution in [-0.2, 0) is 6.61 Å². The van der Waals surface area contributed by atoms with E-state index >= 15 is 0 Å². The molecule has 0 amide bonds. The summed E-state index contributed by atoms with van der Waals surface area (Å²) in [5.41, 5.74) is 4.66. The molecule has 2 aromatic carbocycles. The minimum atomic E-state index is 0.636. The molecule has 86 valence electrons. The lowest BCUT2D eigenvalue weighted by molar-refractivity contribution is 0.306. The molecule has 0 unspecified atom stereocenters. The van der Waals surface area contributed by atoms with Gasteiger partial charge in [-0.3, -0.25) is 4.98 Å². The first-order valence-corrected chi connectivity index (χ1v) is 6.02. The number of ether oxygens (including phenoxy) is 1. The van der Waals surface area contributed by atoms with Crippen LogP contribution in [-0.4, -0.2) is 4.98 Å².